The molecule has 2 rings (SSSR count). The number of hydrogen-bond donors (Lipinski definition) is 0. The Bertz CT molecular complexity index is 665. The average molecular weight is 305 g/mol. The SMILES string of the molecule is CCOC(=O)C(c1ccc(OC)cc1)n1cnc([N+](=O)[O-])c1. The van der Waals surface area contributed by atoms with Crippen molar-refractivity contribution in [1.82, 2.24) is 9.55 Å². The predicted octanol–water partition coefficient (Wildman–Crippen LogP) is 1.95. The Labute approximate surface area is 126 Å². The van der Waals surface area contributed by atoms with Crippen LogP contribution in [0.1, 0.15) is 18.5 Å². The summed E-state index contributed by atoms with van der Waals surface area (Å²) in [5.41, 5.74) is 0.617. The third-order valence-corrected chi connectivity index (χ3v) is 3.01. The highest BCUT2D eigenvalue weighted by molar-refractivity contribution is 5.78. The predicted molar refractivity (Wildman–Crippen MR) is 76.6 cm³/mol. The van der Waals surface area contributed by atoms with Crippen molar-refractivity contribution in [3.63, 3.8) is 0 Å². The van der Waals surface area contributed by atoms with Crippen LogP contribution in [0.3, 0.4) is 0 Å². The molecule has 0 amide bonds. The summed E-state index contributed by atoms with van der Waals surface area (Å²) in [4.78, 5) is 26.0. The fourth-order valence-electron chi connectivity index (χ4n) is 2.00. The van der Waals surface area contributed by atoms with Gasteiger partial charge in [0.1, 0.15) is 11.9 Å². The van der Waals surface area contributed by atoms with E-state index in [1.54, 1.807) is 31.2 Å². The van der Waals surface area contributed by atoms with Gasteiger partial charge in [-0.2, -0.15) is 0 Å². The zero-order valence-corrected chi connectivity index (χ0v) is 12.1. The minimum absolute atomic E-state index is 0.211. The monoisotopic (exact) mass is 305 g/mol. The summed E-state index contributed by atoms with van der Waals surface area (Å²) in [6, 6.07) is 5.96. The van der Waals surface area contributed by atoms with Crippen molar-refractivity contribution in [2.24, 2.45) is 0 Å². The van der Waals surface area contributed by atoms with E-state index in [4.69, 9.17) is 9.47 Å². The molecule has 0 saturated heterocycles. The molecule has 0 radical (unpaired) electrons. The number of methoxy groups -OCH3 is 1. The molecule has 0 aliphatic carbocycles. The first kappa shape index (κ1) is 15.5. The summed E-state index contributed by atoms with van der Waals surface area (Å²) >= 11 is 0. The van der Waals surface area contributed by atoms with Gasteiger partial charge in [0.15, 0.2) is 6.04 Å². The summed E-state index contributed by atoms with van der Waals surface area (Å²) in [6.45, 7) is 1.90. The number of aromatic nitrogens is 2. The van der Waals surface area contributed by atoms with E-state index in [-0.39, 0.29) is 12.4 Å². The molecule has 1 aromatic heterocycles. The number of imidazole rings is 1. The highest BCUT2D eigenvalue weighted by Gasteiger charge is 2.26. The highest BCUT2D eigenvalue weighted by Crippen LogP contribution is 2.24. The molecule has 116 valence electrons. The number of rotatable bonds is 6. The van der Waals surface area contributed by atoms with Crippen LogP contribution in [0.2, 0.25) is 0 Å². The van der Waals surface area contributed by atoms with Crippen LogP contribution in [-0.2, 0) is 9.53 Å². The first-order valence-corrected chi connectivity index (χ1v) is 6.55. The maximum absolute atomic E-state index is 12.2. The molecule has 1 atom stereocenters. The van der Waals surface area contributed by atoms with E-state index in [0.29, 0.717) is 11.3 Å². The summed E-state index contributed by atoms with van der Waals surface area (Å²) in [7, 11) is 1.54. The van der Waals surface area contributed by atoms with Gasteiger partial charge in [-0.3, -0.25) is 4.57 Å². The smallest absolute Gasteiger partial charge is 0.381 e. The second-order valence-electron chi connectivity index (χ2n) is 4.36. The lowest BCUT2D eigenvalue weighted by Crippen LogP contribution is -2.22. The molecule has 0 N–H and O–H groups in total. The second-order valence-corrected chi connectivity index (χ2v) is 4.36. The average Bonchev–Trinajstić information content (AvgIpc) is 2.98. The number of nitro groups is 1. The lowest BCUT2D eigenvalue weighted by molar-refractivity contribution is -0.389. The maximum atomic E-state index is 12.2. The molecular formula is C14H15N3O5. The Balaban J connectivity index is 2.40. The Hall–Kier alpha value is -2.90. The van der Waals surface area contributed by atoms with E-state index >= 15 is 0 Å². The minimum atomic E-state index is -0.841. The van der Waals surface area contributed by atoms with Gasteiger partial charge in [0.25, 0.3) is 0 Å². The van der Waals surface area contributed by atoms with Crippen molar-refractivity contribution in [2.45, 2.75) is 13.0 Å². The standard InChI is InChI=1S/C14H15N3O5/c1-3-22-14(18)13(10-4-6-11(21-2)7-5-10)16-8-12(15-9-16)17(19)20/h4-9,13H,3H2,1-2H3. The van der Waals surface area contributed by atoms with Crippen LogP contribution in [0, 0.1) is 10.1 Å². The van der Waals surface area contributed by atoms with Crippen molar-refractivity contribution in [1.29, 1.82) is 0 Å². The fourth-order valence-corrected chi connectivity index (χ4v) is 2.00. The maximum Gasteiger partial charge on any atom is 0.381 e. The largest absolute Gasteiger partial charge is 0.497 e. The number of esters is 1. The van der Waals surface area contributed by atoms with Gasteiger partial charge in [-0.15, -0.1) is 0 Å². The third kappa shape index (κ3) is 3.22. The van der Waals surface area contributed by atoms with Crippen molar-refractivity contribution in [3.05, 3.63) is 52.5 Å². The Morgan fingerprint density at radius 3 is 2.59 bits per heavy atom. The van der Waals surface area contributed by atoms with Crippen LogP contribution in [0.15, 0.2) is 36.8 Å². The summed E-state index contributed by atoms with van der Waals surface area (Å²) in [5, 5.41) is 10.7. The number of carbonyl (C=O) groups is 1. The molecule has 0 aliphatic rings. The minimum Gasteiger partial charge on any atom is -0.497 e. The van der Waals surface area contributed by atoms with Gasteiger partial charge >= 0.3 is 11.8 Å². The normalized spacial score (nSPS) is 11.7. The summed E-state index contributed by atoms with van der Waals surface area (Å²) < 4.78 is 11.5. The molecule has 0 bridgehead atoms. The molecule has 1 heterocycles. The van der Waals surface area contributed by atoms with Gasteiger partial charge in [0.2, 0.25) is 6.33 Å². The molecule has 8 heteroatoms. The van der Waals surface area contributed by atoms with Crippen LogP contribution in [0.4, 0.5) is 5.82 Å². The Morgan fingerprint density at radius 2 is 2.09 bits per heavy atom. The van der Waals surface area contributed by atoms with Crippen molar-refractivity contribution in [3.8, 4) is 5.75 Å². The van der Waals surface area contributed by atoms with Crippen LogP contribution in [0.25, 0.3) is 0 Å². The van der Waals surface area contributed by atoms with Crippen molar-refractivity contribution >= 4 is 11.8 Å². The first-order valence-electron chi connectivity index (χ1n) is 6.55. The molecule has 1 aromatic carbocycles. The van der Waals surface area contributed by atoms with Gasteiger partial charge in [-0.1, -0.05) is 12.1 Å². The topological polar surface area (TPSA) is 96.5 Å². The van der Waals surface area contributed by atoms with Gasteiger partial charge in [-0.05, 0) is 34.5 Å². The molecule has 0 aliphatic heterocycles. The number of hydrogen-bond acceptors (Lipinski definition) is 6. The molecule has 22 heavy (non-hydrogen) atoms. The lowest BCUT2D eigenvalue weighted by Gasteiger charge is -2.16. The highest BCUT2D eigenvalue weighted by atomic mass is 16.6. The van der Waals surface area contributed by atoms with Crippen LogP contribution in [-0.4, -0.2) is 34.2 Å². The van der Waals surface area contributed by atoms with E-state index in [1.165, 1.54) is 24.2 Å². The Kier molecular flexibility index (Phi) is 4.72. The van der Waals surface area contributed by atoms with Gasteiger partial charge < -0.3 is 19.6 Å². The van der Waals surface area contributed by atoms with E-state index in [9.17, 15) is 14.9 Å². The quantitative estimate of drug-likeness (QED) is 0.460. The first-order chi connectivity index (χ1) is 10.6. The van der Waals surface area contributed by atoms with E-state index in [1.807, 2.05) is 0 Å². The third-order valence-electron chi connectivity index (χ3n) is 3.01. The van der Waals surface area contributed by atoms with Gasteiger partial charge in [0, 0.05) is 0 Å². The molecule has 0 fully saturated rings. The van der Waals surface area contributed by atoms with Crippen LogP contribution in [0.5, 0.6) is 5.75 Å². The zero-order chi connectivity index (χ0) is 16.1. The summed E-state index contributed by atoms with van der Waals surface area (Å²) in [5.74, 6) is -0.203. The zero-order valence-electron chi connectivity index (χ0n) is 12.1. The van der Waals surface area contributed by atoms with E-state index < -0.39 is 16.9 Å². The molecule has 8 nitrogen and oxygen atoms in total. The van der Waals surface area contributed by atoms with Gasteiger partial charge in [-0.25, -0.2) is 4.79 Å². The molecule has 0 saturated carbocycles. The van der Waals surface area contributed by atoms with E-state index in [2.05, 4.69) is 4.98 Å². The van der Waals surface area contributed by atoms with Crippen molar-refractivity contribution in [2.75, 3.05) is 13.7 Å². The van der Waals surface area contributed by atoms with Gasteiger partial charge in [0.05, 0.1) is 13.7 Å². The number of nitrogens with zero attached hydrogens (tertiary/aromatic N) is 3. The lowest BCUT2D eigenvalue weighted by atomic mass is 10.1. The van der Waals surface area contributed by atoms with Crippen LogP contribution >= 0.6 is 0 Å². The Morgan fingerprint density at radius 1 is 1.41 bits per heavy atom. The molecule has 1 unspecified atom stereocenters. The second kappa shape index (κ2) is 6.70. The number of ether oxygens (including phenoxy) is 2. The molecule has 0 spiro atoms. The molecule has 2 aromatic rings. The molecular weight excluding hydrogens is 290 g/mol. The van der Waals surface area contributed by atoms with E-state index in [0.717, 1.165) is 0 Å². The fraction of sp³-hybridized carbons (Fsp3) is 0.286. The summed E-state index contributed by atoms with van der Waals surface area (Å²) in [6.07, 6.45) is 2.44. The van der Waals surface area contributed by atoms with Crippen LogP contribution < -0.4 is 4.74 Å². The number of carbonyl (C=O) groups excluding carboxylic acids is 1. The van der Waals surface area contributed by atoms with Crippen molar-refractivity contribution < 1.29 is 19.2 Å². The number of benzene rings is 1.